The quantitative estimate of drug-likeness (QED) is 0.512. The second kappa shape index (κ2) is 9.94. The monoisotopic (exact) mass is 458 g/mol. The number of ether oxygens (including phenoxy) is 1. The summed E-state index contributed by atoms with van der Waals surface area (Å²) in [7, 11) is 1.59. The molecular formula is C25H25F3N2O3. The highest BCUT2D eigenvalue weighted by molar-refractivity contribution is 5.96. The van der Waals surface area contributed by atoms with Gasteiger partial charge in [0.15, 0.2) is 0 Å². The first-order valence-electron chi connectivity index (χ1n) is 10.5. The molecule has 174 valence electrons. The summed E-state index contributed by atoms with van der Waals surface area (Å²) in [6.07, 6.45) is -4.60. The van der Waals surface area contributed by atoms with Crippen LogP contribution in [0.2, 0.25) is 0 Å². The molecule has 0 aromatic heterocycles. The fourth-order valence-corrected chi connectivity index (χ4v) is 3.60. The number of hydrogen-bond acceptors (Lipinski definition) is 3. The lowest BCUT2D eigenvalue weighted by Gasteiger charge is -2.24. The van der Waals surface area contributed by atoms with Gasteiger partial charge in [0.25, 0.3) is 0 Å². The van der Waals surface area contributed by atoms with Crippen molar-refractivity contribution in [3.63, 3.8) is 0 Å². The van der Waals surface area contributed by atoms with Crippen molar-refractivity contribution in [3.8, 4) is 5.75 Å². The lowest BCUT2D eigenvalue weighted by atomic mass is 9.96. The molecular weight excluding hydrogens is 433 g/mol. The average Bonchev–Trinajstić information content (AvgIpc) is 2.80. The predicted octanol–water partition coefficient (Wildman–Crippen LogP) is 5.46. The largest absolute Gasteiger partial charge is 0.497 e. The van der Waals surface area contributed by atoms with Gasteiger partial charge in [-0.3, -0.25) is 9.59 Å². The molecule has 1 atom stereocenters. The van der Waals surface area contributed by atoms with E-state index in [1.54, 1.807) is 21.0 Å². The number of carbonyl (C=O) groups excluding carboxylic acids is 2. The van der Waals surface area contributed by atoms with E-state index in [4.69, 9.17) is 4.74 Å². The summed E-state index contributed by atoms with van der Waals surface area (Å²) < 4.78 is 44.8. The Hall–Kier alpha value is -3.55. The average molecular weight is 458 g/mol. The maximum Gasteiger partial charge on any atom is 0.418 e. The molecule has 3 aromatic rings. The lowest BCUT2D eigenvalue weighted by Crippen LogP contribution is -2.40. The number of carbonyl (C=O) groups is 2. The van der Waals surface area contributed by atoms with Crippen molar-refractivity contribution >= 4 is 28.3 Å². The van der Waals surface area contributed by atoms with E-state index in [1.165, 1.54) is 23.1 Å². The summed E-state index contributed by atoms with van der Waals surface area (Å²) in [5.74, 6) is -0.786. The first-order valence-corrected chi connectivity index (χ1v) is 10.5. The topological polar surface area (TPSA) is 58.6 Å². The number of nitrogens with zero attached hydrogens (tertiary/aromatic N) is 1. The highest BCUT2D eigenvalue weighted by Crippen LogP contribution is 2.34. The maximum absolute atomic E-state index is 13.2. The van der Waals surface area contributed by atoms with Gasteiger partial charge in [-0.2, -0.15) is 13.2 Å². The molecule has 0 unspecified atom stereocenters. The fourth-order valence-electron chi connectivity index (χ4n) is 3.60. The van der Waals surface area contributed by atoms with Crippen molar-refractivity contribution in [2.24, 2.45) is 0 Å². The van der Waals surface area contributed by atoms with Crippen LogP contribution in [-0.4, -0.2) is 36.9 Å². The number of fused-ring (bicyclic) bond motifs is 1. The minimum atomic E-state index is -4.60. The normalized spacial score (nSPS) is 12.3. The van der Waals surface area contributed by atoms with Gasteiger partial charge < -0.3 is 15.0 Å². The molecule has 5 nitrogen and oxygen atoms in total. The number of para-hydroxylation sites is 1. The molecule has 1 N–H and O–H groups in total. The summed E-state index contributed by atoms with van der Waals surface area (Å²) in [6, 6.07) is 16.0. The Kier molecular flexibility index (Phi) is 7.26. The van der Waals surface area contributed by atoms with E-state index < -0.39 is 23.6 Å². The van der Waals surface area contributed by atoms with Crippen molar-refractivity contribution in [2.45, 2.75) is 25.9 Å². The van der Waals surface area contributed by atoms with Gasteiger partial charge in [0.05, 0.1) is 30.8 Å². The standard InChI is InChI=1S/C25H25F3N2O3/c1-4-30(15-23(31)29-22-8-6-5-7-21(22)25(26,27)28)24(32)16(2)17-9-10-19-14-20(33-3)12-11-18(19)13-17/h5-14,16H,4,15H2,1-3H3,(H,29,31)/t16-/m1/s1. The molecule has 33 heavy (non-hydrogen) atoms. The van der Waals surface area contributed by atoms with Crippen LogP contribution in [-0.2, 0) is 15.8 Å². The Morgan fingerprint density at radius 3 is 2.36 bits per heavy atom. The summed E-state index contributed by atoms with van der Waals surface area (Å²) in [5, 5.41) is 4.19. The smallest absolute Gasteiger partial charge is 0.418 e. The number of nitrogens with one attached hydrogen (secondary N) is 1. The Labute approximate surface area is 190 Å². The molecule has 0 aliphatic heterocycles. The third kappa shape index (κ3) is 5.63. The van der Waals surface area contributed by atoms with Gasteiger partial charge in [-0.1, -0.05) is 36.4 Å². The van der Waals surface area contributed by atoms with E-state index in [9.17, 15) is 22.8 Å². The molecule has 0 heterocycles. The number of anilines is 1. The van der Waals surface area contributed by atoms with E-state index >= 15 is 0 Å². The summed E-state index contributed by atoms with van der Waals surface area (Å²) in [6.45, 7) is 3.35. The maximum atomic E-state index is 13.2. The van der Waals surface area contributed by atoms with Crippen LogP contribution in [0.25, 0.3) is 10.8 Å². The van der Waals surface area contributed by atoms with Gasteiger partial charge in [0, 0.05) is 6.54 Å². The second-order valence-corrected chi connectivity index (χ2v) is 7.64. The molecule has 2 amide bonds. The van der Waals surface area contributed by atoms with Crippen molar-refractivity contribution in [3.05, 3.63) is 71.8 Å². The molecule has 0 fully saturated rings. The molecule has 0 aliphatic carbocycles. The van der Waals surface area contributed by atoms with Crippen LogP contribution in [0, 0.1) is 0 Å². The van der Waals surface area contributed by atoms with Gasteiger partial charge in [-0.25, -0.2) is 0 Å². The van der Waals surface area contributed by atoms with Gasteiger partial charge in [-0.15, -0.1) is 0 Å². The van der Waals surface area contributed by atoms with Crippen LogP contribution in [0.15, 0.2) is 60.7 Å². The number of alkyl halides is 3. The molecule has 0 aliphatic rings. The molecule has 0 bridgehead atoms. The summed E-state index contributed by atoms with van der Waals surface area (Å²) in [5.41, 5.74) is -0.496. The molecule has 8 heteroatoms. The molecule has 0 radical (unpaired) electrons. The fraction of sp³-hybridized carbons (Fsp3) is 0.280. The van der Waals surface area contributed by atoms with Gasteiger partial charge in [0.2, 0.25) is 11.8 Å². The van der Waals surface area contributed by atoms with E-state index in [2.05, 4.69) is 5.32 Å². The zero-order valence-electron chi connectivity index (χ0n) is 18.6. The highest BCUT2D eigenvalue weighted by atomic mass is 19.4. The highest BCUT2D eigenvalue weighted by Gasteiger charge is 2.33. The number of halogens is 3. The number of benzene rings is 3. The van der Waals surface area contributed by atoms with Crippen LogP contribution in [0.4, 0.5) is 18.9 Å². The Morgan fingerprint density at radius 1 is 1.03 bits per heavy atom. The van der Waals surface area contributed by atoms with Crippen molar-refractivity contribution < 1.29 is 27.5 Å². The number of hydrogen-bond donors (Lipinski definition) is 1. The van der Waals surface area contributed by atoms with Crippen molar-refractivity contribution in [2.75, 3.05) is 25.5 Å². The van der Waals surface area contributed by atoms with Crippen molar-refractivity contribution in [1.29, 1.82) is 0 Å². The van der Waals surface area contributed by atoms with Gasteiger partial charge in [-0.05, 0) is 54.4 Å². The van der Waals surface area contributed by atoms with Crippen LogP contribution in [0.5, 0.6) is 5.75 Å². The predicted molar refractivity (Wildman–Crippen MR) is 121 cm³/mol. The lowest BCUT2D eigenvalue weighted by molar-refractivity contribution is -0.137. The van der Waals surface area contributed by atoms with E-state index in [1.807, 2.05) is 36.4 Å². The van der Waals surface area contributed by atoms with E-state index in [0.29, 0.717) is 0 Å². The Balaban J connectivity index is 1.73. The van der Waals surface area contributed by atoms with E-state index in [-0.39, 0.29) is 24.7 Å². The first-order chi connectivity index (χ1) is 15.6. The number of amides is 2. The Bertz CT molecular complexity index is 1160. The Morgan fingerprint density at radius 2 is 1.70 bits per heavy atom. The molecule has 0 saturated heterocycles. The second-order valence-electron chi connectivity index (χ2n) is 7.64. The van der Waals surface area contributed by atoms with Crippen LogP contribution < -0.4 is 10.1 Å². The minimum Gasteiger partial charge on any atom is -0.497 e. The molecule has 0 saturated carbocycles. The molecule has 0 spiro atoms. The van der Waals surface area contributed by atoms with E-state index in [0.717, 1.165) is 28.2 Å². The molecule has 3 aromatic carbocycles. The van der Waals surface area contributed by atoms with Gasteiger partial charge >= 0.3 is 6.18 Å². The number of methoxy groups -OCH3 is 1. The SMILES string of the molecule is CCN(CC(=O)Nc1ccccc1C(F)(F)F)C(=O)[C@H](C)c1ccc2cc(OC)ccc2c1. The zero-order valence-corrected chi connectivity index (χ0v) is 18.6. The first kappa shape index (κ1) is 24.1. The summed E-state index contributed by atoms with van der Waals surface area (Å²) in [4.78, 5) is 26.9. The van der Waals surface area contributed by atoms with Crippen LogP contribution in [0.1, 0.15) is 30.9 Å². The van der Waals surface area contributed by atoms with Crippen LogP contribution in [0.3, 0.4) is 0 Å². The zero-order chi connectivity index (χ0) is 24.2. The van der Waals surface area contributed by atoms with Crippen molar-refractivity contribution in [1.82, 2.24) is 4.90 Å². The minimum absolute atomic E-state index is 0.238. The van der Waals surface area contributed by atoms with Crippen LogP contribution >= 0.6 is 0 Å². The summed E-state index contributed by atoms with van der Waals surface area (Å²) >= 11 is 0. The third-order valence-electron chi connectivity index (χ3n) is 5.48. The number of likely N-dealkylation sites (N-methyl/N-ethyl adjacent to an activating group) is 1. The van der Waals surface area contributed by atoms with Gasteiger partial charge in [0.1, 0.15) is 5.75 Å². The number of rotatable bonds is 7. The molecule has 3 rings (SSSR count). The third-order valence-corrected chi connectivity index (χ3v) is 5.48.